The molecular weight excluding hydrogens is 210 g/mol. The van der Waals surface area contributed by atoms with Crippen molar-refractivity contribution in [3.63, 3.8) is 0 Å². The Labute approximate surface area is 146 Å². The molecule has 0 unspecified atom stereocenters. The summed E-state index contributed by atoms with van der Waals surface area (Å²) < 4.78 is 0. The van der Waals surface area contributed by atoms with Crippen molar-refractivity contribution in [2.75, 3.05) is 0 Å². The van der Waals surface area contributed by atoms with Gasteiger partial charge in [-0.2, -0.15) is 0 Å². The van der Waals surface area contributed by atoms with Gasteiger partial charge in [-0.05, 0) is 0 Å². The first-order chi connectivity index (χ1) is 3.46. The van der Waals surface area contributed by atoms with Crippen LogP contribution in [-0.4, -0.2) is 118 Å². The van der Waals surface area contributed by atoms with Crippen molar-refractivity contribution < 1.29 is 10.2 Å². The van der Waals surface area contributed by atoms with E-state index < -0.39 is 10.2 Å². The average molecular weight is 212 g/mol. The molecule has 0 aliphatic carbocycles. The van der Waals surface area contributed by atoms with Crippen molar-refractivity contribution in [1.82, 2.24) is 0 Å². The third-order valence-corrected chi connectivity index (χ3v) is 0. The first-order valence-corrected chi connectivity index (χ1v) is 1.10. The zero-order valence-electron chi connectivity index (χ0n) is 4.05. The number of rotatable bonds is 0. The second kappa shape index (κ2) is 22.7. The Hall–Kier alpha value is 1.89. The Kier molecular flexibility index (Phi) is 60.3. The molecule has 0 aliphatic rings. The van der Waals surface area contributed by atoms with E-state index in [1.54, 1.807) is 0 Å². The Morgan fingerprint density at radius 2 is 0.818 bits per heavy atom. The molecule has 0 rings (SSSR count). The summed E-state index contributed by atoms with van der Waals surface area (Å²) in [5.74, 6) is 0. The third kappa shape index (κ3) is 325. The van der Waals surface area contributed by atoms with E-state index >= 15 is 0 Å². The Morgan fingerprint density at radius 3 is 0.818 bits per heavy atom. The van der Waals surface area contributed by atoms with Gasteiger partial charge in [-0.15, -0.1) is 0 Å². The van der Waals surface area contributed by atoms with Crippen LogP contribution in [0.15, 0.2) is 0 Å². The molecule has 0 radical (unpaired) electrons. The van der Waals surface area contributed by atoms with Crippen LogP contribution in [0.3, 0.4) is 0 Å². The van der Waals surface area contributed by atoms with Crippen LogP contribution in [0.5, 0.6) is 0 Å². The minimum absolute atomic E-state index is 0. The van der Waals surface area contributed by atoms with Crippen molar-refractivity contribution in [2.45, 2.75) is 0 Å². The number of hydrogen-bond donors (Lipinski definition) is 0. The zero-order valence-corrected chi connectivity index (χ0v) is 6.26. The second-order valence-electron chi connectivity index (χ2n) is 0.447. The molecule has 0 amide bonds. The zero-order chi connectivity index (χ0) is 7.15. The van der Waals surface area contributed by atoms with Crippen LogP contribution in [0.1, 0.15) is 0 Å². The Bertz CT molecular complexity index is 78.6. The van der Waals surface area contributed by atoms with Crippen LogP contribution in [0.4, 0.5) is 0 Å². The van der Waals surface area contributed by atoms with Crippen molar-refractivity contribution >= 4 is 108 Å². The second-order valence-corrected chi connectivity index (χ2v) is 0.447. The predicted molar refractivity (Wildman–Crippen MR) is 40.8 cm³/mol. The predicted octanol–water partition coefficient (Wildman–Crippen LogP) is -2.16. The molecule has 0 N–H and O–H groups in total. The molecule has 0 atom stereocenters. The van der Waals surface area contributed by atoms with Gasteiger partial charge in [0.2, 0.25) is 0 Å². The van der Waals surface area contributed by atoms with Crippen LogP contribution in [-0.2, 0) is 0 Å². The molecule has 0 fully saturated rings. The van der Waals surface area contributed by atoms with E-state index in [2.05, 4.69) is 0 Å². The Morgan fingerprint density at radius 1 is 0.818 bits per heavy atom. The van der Waals surface area contributed by atoms with Gasteiger partial charge in [0.1, 0.15) is 0 Å². The van der Waals surface area contributed by atoms with Gasteiger partial charge in [-0.25, -0.2) is 0 Å². The van der Waals surface area contributed by atoms with Crippen LogP contribution in [0.25, 0.3) is 0 Å². The molecule has 0 saturated carbocycles. The summed E-state index contributed by atoms with van der Waals surface area (Å²) in [6.07, 6.45) is 0. The summed E-state index contributed by atoms with van der Waals surface area (Å²) in [7, 11) is 0. The Balaban J connectivity index is -0.0000000171. The fourth-order valence-electron chi connectivity index (χ4n) is 0. The molecular formula is H2CaKLiN2O6. The third-order valence-electron chi connectivity index (χ3n) is 0. The van der Waals surface area contributed by atoms with Gasteiger partial charge in [0.15, 0.2) is 0 Å². The average Bonchev–Trinajstić information content (AvgIpc) is 1.25. The summed E-state index contributed by atoms with van der Waals surface area (Å²) in [4.78, 5) is 16.5. The molecule has 11 heavy (non-hydrogen) atoms. The van der Waals surface area contributed by atoms with Gasteiger partial charge in [-0.3, -0.25) is 0 Å². The first kappa shape index (κ1) is 29.3. The molecule has 0 aromatic heterocycles. The van der Waals surface area contributed by atoms with Crippen molar-refractivity contribution in [3.8, 4) is 0 Å². The maximum atomic E-state index is 8.25. The molecule has 0 aliphatic heterocycles. The van der Waals surface area contributed by atoms with Crippen LogP contribution in [0.2, 0.25) is 0 Å². The fraction of sp³-hybridized carbons (Fsp3) is 0. The summed E-state index contributed by atoms with van der Waals surface area (Å²) in [6, 6.07) is 0. The molecule has 0 aromatic carbocycles. The van der Waals surface area contributed by atoms with Crippen LogP contribution >= 0.6 is 0 Å². The monoisotopic (exact) mass is 212 g/mol. The van der Waals surface area contributed by atoms with Crippen molar-refractivity contribution in [1.29, 1.82) is 0 Å². The van der Waals surface area contributed by atoms with E-state index in [-0.39, 0.29) is 108 Å². The fourth-order valence-corrected chi connectivity index (χ4v) is 0. The summed E-state index contributed by atoms with van der Waals surface area (Å²) in [5.41, 5.74) is 0. The normalized spacial score (nSPS) is 4.36. The van der Waals surface area contributed by atoms with Crippen molar-refractivity contribution in [3.05, 3.63) is 30.6 Å². The van der Waals surface area contributed by atoms with E-state index in [0.29, 0.717) is 0 Å². The van der Waals surface area contributed by atoms with Gasteiger partial charge < -0.3 is 30.6 Å². The van der Waals surface area contributed by atoms with E-state index in [4.69, 9.17) is 30.6 Å². The molecule has 11 heteroatoms. The molecule has 0 bridgehead atoms. The van der Waals surface area contributed by atoms with Gasteiger partial charge in [-0.1, -0.05) is 0 Å². The number of hydrogen-bond acceptors (Lipinski definition) is 6. The summed E-state index contributed by atoms with van der Waals surface area (Å²) >= 11 is 0. The molecule has 0 saturated heterocycles. The molecule has 0 aromatic rings. The molecule has 52 valence electrons. The summed E-state index contributed by atoms with van der Waals surface area (Å²) in [6.45, 7) is 0. The van der Waals surface area contributed by atoms with E-state index in [1.807, 2.05) is 0 Å². The topological polar surface area (TPSA) is 132 Å². The maximum absolute atomic E-state index is 8.25. The minimum atomic E-state index is -1.75. The van der Waals surface area contributed by atoms with E-state index in [0.717, 1.165) is 0 Å². The van der Waals surface area contributed by atoms with Crippen LogP contribution in [0, 0.1) is 30.6 Å². The molecule has 0 spiro atoms. The first-order valence-electron chi connectivity index (χ1n) is 1.10. The van der Waals surface area contributed by atoms with Crippen molar-refractivity contribution in [2.24, 2.45) is 0 Å². The number of nitrogens with zero attached hydrogens (tertiary/aromatic N) is 2. The van der Waals surface area contributed by atoms with Gasteiger partial charge >= 0.3 is 108 Å². The van der Waals surface area contributed by atoms with E-state index in [9.17, 15) is 0 Å². The summed E-state index contributed by atoms with van der Waals surface area (Å²) in [5, 5.41) is 29.5. The van der Waals surface area contributed by atoms with Crippen LogP contribution < -0.4 is 0 Å². The molecule has 0 heterocycles. The van der Waals surface area contributed by atoms with Gasteiger partial charge in [0.25, 0.3) is 0 Å². The standard InChI is InChI=1S/Ca.K.Li.2NO3.2H/c;;;2*2-1(3)4;;/q+2;;;2*-1;;. The molecule has 8 nitrogen and oxygen atoms in total. The van der Waals surface area contributed by atoms with E-state index in [1.165, 1.54) is 0 Å². The SMILES string of the molecule is O=[N+]([O-])[O-].O=[N+]([O-])[O-].[Ca+2].[KH].[LiH]. The van der Waals surface area contributed by atoms with Gasteiger partial charge in [0.05, 0.1) is 10.2 Å². The van der Waals surface area contributed by atoms with Gasteiger partial charge in [0, 0.05) is 0 Å². The quantitative estimate of drug-likeness (QED) is 0.255.